The maximum atomic E-state index is 12.9. The van der Waals surface area contributed by atoms with Crippen molar-refractivity contribution in [1.82, 2.24) is 9.88 Å². The van der Waals surface area contributed by atoms with Crippen molar-refractivity contribution >= 4 is 22.8 Å². The number of para-hydroxylation sites is 1. The number of fused-ring (bicyclic) bond motifs is 1. The van der Waals surface area contributed by atoms with E-state index in [1.807, 2.05) is 59.5 Å². The minimum Gasteiger partial charge on any atom is -0.452 e. The highest BCUT2D eigenvalue weighted by Crippen LogP contribution is 2.26. The second kappa shape index (κ2) is 8.66. The number of benzene rings is 2. The average Bonchev–Trinajstić information content (AvgIpc) is 2.76. The molecule has 0 radical (unpaired) electrons. The van der Waals surface area contributed by atoms with Gasteiger partial charge in [-0.1, -0.05) is 62.4 Å². The number of esters is 1. The van der Waals surface area contributed by atoms with Crippen LogP contribution in [0.1, 0.15) is 30.6 Å². The minimum atomic E-state index is -0.503. The van der Waals surface area contributed by atoms with Crippen molar-refractivity contribution in [2.24, 2.45) is 11.8 Å². The van der Waals surface area contributed by atoms with Crippen LogP contribution in [0, 0.1) is 11.8 Å². The van der Waals surface area contributed by atoms with E-state index in [0.29, 0.717) is 23.1 Å². The van der Waals surface area contributed by atoms with Gasteiger partial charge in [-0.2, -0.15) is 0 Å². The highest BCUT2D eigenvalue weighted by Gasteiger charge is 2.26. The smallest absolute Gasteiger partial charge is 0.339 e. The van der Waals surface area contributed by atoms with Crippen LogP contribution in [0.5, 0.6) is 0 Å². The van der Waals surface area contributed by atoms with Crippen LogP contribution in [0.2, 0.25) is 0 Å². The molecule has 0 aliphatic carbocycles. The van der Waals surface area contributed by atoms with Crippen LogP contribution in [0.25, 0.3) is 22.2 Å². The Morgan fingerprint density at radius 2 is 1.67 bits per heavy atom. The Bertz CT molecular complexity index is 1050. The number of piperidine rings is 1. The monoisotopic (exact) mass is 402 g/mol. The summed E-state index contributed by atoms with van der Waals surface area (Å²) < 4.78 is 5.45. The molecule has 1 aliphatic heterocycles. The number of carbonyl (C=O) groups excluding carboxylic acids is 2. The van der Waals surface area contributed by atoms with Gasteiger partial charge >= 0.3 is 5.97 Å². The lowest BCUT2D eigenvalue weighted by Gasteiger charge is -2.34. The van der Waals surface area contributed by atoms with Crippen LogP contribution in [0.3, 0.4) is 0 Å². The van der Waals surface area contributed by atoms with E-state index in [9.17, 15) is 9.59 Å². The van der Waals surface area contributed by atoms with Gasteiger partial charge in [-0.3, -0.25) is 4.79 Å². The summed E-state index contributed by atoms with van der Waals surface area (Å²) in [7, 11) is 0. The maximum Gasteiger partial charge on any atom is 0.339 e. The molecule has 0 spiro atoms. The lowest BCUT2D eigenvalue weighted by Crippen LogP contribution is -2.44. The maximum absolute atomic E-state index is 12.9. The molecule has 1 aromatic heterocycles. The van der Waals surface area contributed by atoms with Crippen molar-refractivity contribution < 1.29 is 14.3 Å². The van der Waals surface area contributed by atoms with E-state index in [2.05, 4.69) is 13.8 Å². The lowest BCUT2D eigenvalue weighted by atomic mass is 9.92. The number of carbonyl (C=O) groups is 2. The molecule has 0 N–H and O–H groups in total. The zero-order valence-corrected chi connectivity index (χ0v) is 17.4. The Hall–Kier alpha value is -3.21. The van der Waals surface area contributed by atoms with Crippen molar-refractivity contribution in [3.8, 4) is 11.3 Å². The van der Waals surface area contributed by atoms with E-state index in [0.717, 1.165) is 36.0 Å². The lowest BCUT2D eigenvalue weighted by molar-refractivity contribution is -0.137. The van der Waals surface area contributed by atoms with E-state index in [-0.39, 0.29) is 12.5 Å². The molecule has 1 fully saturated rings. The summed E-state index contributed by atoms with van der Waals surface area (Å²) >= 11 is 0. The topological polar surface area (TPSA) is 59.5 Å². The van der Waals surface area contributed by atoms with Gasteiger partial charge in [0, 0.05) is 24.0 Å². The van der Waals surface area contributed by atoms with Crippen molar-refractivity contribution in [2.75, 3.05) is 19.7 Å². The second-order valence-corrected chi connectivity index (χ2v) is 8.26. The van der Waals surface area contributed by atoms with E-state index >= 15 is 0 Å². The number of rotatable bonds is 4. The van der Waals surface area contributed by atoms with Gasteiger partial charge in [0.05, 0.1) is 16.8 Å². The van der Waals surface area contributed by atoms with Gasteiger partial charge in [-0.05, 0) is 30.4 Å². The van der Waals surface area contributed by atoms with Crippen molar-refractivity contribution in [3.05, 3.63) is 66.2 Å². The van der Waals surface area contributed by atoms with Crippen molar-refractivity contribution in [3.63, 3.8) is 0 Å². The number of hydrogen-bond donors (Lipinski definition) is 0. The van der Waals surface area contributed by atoms with E-state index in [1.54, 1.807) is 6.07 Å². The largest absolute Gasteiger partial charge is 0.452 e. The SMILES string of the molecule is CC1CC(C)CN(C(=O)COC(=O)c2cc(-c3ccccc3)nc3ccccc23)C1. The minimum absolute atomic E-state index is 0.136. The summed E-state index contributed by atoms with van der Waals surface area (Å²) in [5.41, 5.74) is 2.76. The molecule has 1 saturated heterocycles. The number of aromatic nitrogens is 1. The van der Waals surface area contributed by atoms with E-state index in [4.69, 9.17) is 9.72 Å². The predicted molar refractivity (Wildman–Crippen MR) is 117 cm³/mol. The first-order valence-electron chi connectivity index (χ1n) is 10.4. The number of likely N-dealkylation sites (tertiary alicyclic amines) is 1. The zero-order chi connectivity index (χ0) is 21.1. The molecular weight excluding hydrogens is 376 g/mol. The molecule has 30 heavy (non-hydrogen) atoms. The highest BCUT2D eigenvalue weighted by molar-refractivity contribution is 6.05. The normalized spacial score (nSPS) is 18.9. The first-order valence-corrected chi connectivity index (χ1v) is 10.4. The molecule has 2 unspecified atom stereocenters. The average molecular weight is 402 g/mol. The Morgan fingerprint density at radius 1 is 1.00 bits per heavy atom. The first kappa shape index (κ1) is 20.1. The molecule has 3 aromatic rings. The molecule has 2 atom stereocenters. The molecule has 0 bridgehead atoms. The number of hydrogen-bond acceptors (Lipinski definition) is 4. The Labute approximate surface area is 176 Å². The van der Waals surface area contributed by atoms with Crippen LogP contribution in [0.15, 0.2) is 60.7 Å². The van der Waals surface area contributed by atoms with E-state index in [1.165, 1.54) is 0 Å². The van der Waals surface area contributed by atoms with E-state index < -0.39 is 5.97 Å². The highest BCUT2D eigenvalue weighted by atomic mass is 16.5. The molecule has 4 rings (SSSR count). The quantitative estimate of drug-likeness (QED) is 0.600. The van der Waals surface area contributed by atoms with Crippen LogP contribution in [-0.4, -0.2) is 41.5 Å². The van der Waals surface area contributed by atoms with Gasteiger partial charge in [-0.25, -0.2) is 9.78 Å². The standard InChI is InChI=1S/C25H26N2O3/c1-17-12-18(2)15-27(14-17)24(28)16-30-25(29)21-13-23(19-8-4-3-5-9-19)26-22-11-7-6-10-20(21)22/h3-11,13,17-18H,12,14-16H2,1-2H3. The molecule has 1 amide bonds. The Morgan fingerprint density at radius 3 is 2.40 bits per heavy atom. The molecule has 2 heterocycles. The molecule has 5 nitrogen and oxygen atoms in total. The fourth-order valence-electron chi connectivity index (χ4n) is 4.26. The number of amides is 1. The van der Waals surface area contributed by atoms with Crippen molar-refractivity contribution in [1.29, 1.82) is 0 Å². The van der Waals surface area contributed by atoms with Crippen molar-refractivity contribution in [2.45, 2.75) is 20.3 Å². The van der Waals surface area contributed by atoms with Gasteiger partial charge in [0.15, 0.2) is 6.61 Å². The van der Waals surface area contributed by atoms with Gasteiger partial charge in [0.25, 0.3) is 5.91 Å². The van der Waals surface area contributed by atoms with Crippen LogP contribution in [0.4, 0.5) is 0 Å². The third-order valence-electron chi connectivity index (χ3n) is 5.55. The molecule has 154 valence electrons. The molecule has 0 saturated carbocycles. The van der Waals surface area contributed by atoms with Crippen LogP contribution < -0.4 is 0 Å². The molecule has 1 aliphatic rings. The summed E-state index contributed by atoms with van der Waals surface area (Å²) in [6.07, 6.45) is 1.12. The third kappa shape index (κ3) is 4.35. The fraction of sp³-hybridized carbons (Fsp3) is 0.320. The van der Waals surface area contributed by atoms with Crippen LogP contribution >= 0.6 is 0 Å². The molecular formula is C25H26N2O3. The van der Waals surface area contributed by atoms with Gasteiger partial charge in [0.1, 0.15) is 0 Å². The number of pyridine rings is 1. The van der Waals surface area contributed by atoms with Gasteiger partial charge in [0.2, 0.25) is 0 Å². The van der Waals surface area contributed by atoms with Crippen LogP contribution in [-0.2, 0) is 9.53 Å². The Balaban J connectivity index is 1.56. The fourth-order valence-corrected chi connectivity index (χ4v) is 4.26. The molecule has 5 heteroatoms. The summed E-state index contributed by atoms with van der Waals surface area (Å²) in [5, 5.41) is 0.717. The summed E-state index contributed by atoms with van der Waals surface area (Å²) in [5.74, 6) is 0.289. The number of ether oxygens (including phenoxy) is 1. The van der Waals surface area contributed by atoms with Gasteiger partial charge in [-0.15, -0.1) is 0 Å². The predicted octanol–water partition coefficient (Wildman–Crippen LogP) is 4.56. The summed E-state index contributed by atoms with van der Waals surface area (Å²) in [6, 6.07) is 18.9. The van der Waals surface area contributed by atoms with Gasteiger partial charge < -0.3 is 9.64 Å². The zero-order valence-electron chi connectivity index (χ0n) is 17.4. The third-order valence-corrected chi connectivity index (χ3v) is 5.55. The number of nitrogens with zero attached hydrogens (tertiary/aromatic N) is 2. The summed E-state index contributed by atoms with van der Waals surface area (Å²) in [6.45, 7) is 5.50. The molecule has 2 aromatic carbocycles. The second-order valence-electron chi connectivity index (χ2n) is 8.26. The first-order chi connectivity index (χ1) is 14.5. The Kier molecular flexibility index (Phi) is 5.79. The summed E-state index contributed by atoms with van der Waals surface area (Å²) in [4.78, 5) is 32.1.